The smallest absolute Gasteiger partial charge is 0.326 e. The molecule has 1 amide bonds. The molecule has 0 bridgehead atoms. The quantitative estimate of drug-likeness (QED) is 0.811. The van der Waals surface area contributed by atoms with E-state index in [2.05, 4.69) is 0 Å². The number of carbonyl (C=O) groups excluding carboxylic acids is 1. The Hall–Kier alpha value is -1.75. The van der Waals surface area contributed by atoms with Gasteiger partial charge in [-0.3, -0.25) is 4.79 Å². The second-order valence-electron chi connectivity index (χ2n) is 4.78. The molecule has 0 saturated carbocycles. The number of anilines is 1. The molecule has 1 saturated heterocycles. The number of rotatable bonds is 2. The molecule has 102 valence electrons. The number of carboxylic acid groups (broad SMARTS) is 1. The largest absolute Gasteiger partial charge is 0.480 e. The number of nitrogens with zero attached hydrogens (tertiary/aromatic N) is 1. The minimum absolute atomic E-state index is 0.0499. The van der Waals surface area contributed by atoms with E-state index >= 15 is 0 Å². The van der Waals surface area contributed by atoms with Crippen LogP contribution in [0.5, 0.6) is 0 Å². The number of amides is 1. The van der Waals surface area contributed by atoms with Gasteiger partial charge in [0.1, 0.15) is 6.04 Å². The molecule has 1 aliphatic rings. The number of benzene rings is 1. The van der Waals surface area contributed by atoms with Crippen molar-refractivity contribution < 1.29 is 14.7 Å². The van der Waals surface area contributed by atoms with E-state index in [4.69, 9.17) is 17.3 Å². The van der Waals surface area contributed by atoms with E-state index in [1.165, 1.54) is 11.0 Å². The monoisotopic (exact) mass is 282 g/mol. The first-order chi connectivity index (χ1) is 8.91. The first kappa shape index (κ1) is 13.7. The third-order valence-electron chi connectivity index (χ3n) is 3.46. The predicted octanol–water partition coefficient (Wildman–Crippen LogP) is 1.86. The summed E-state index contributed by atoms with van der Waals surface area (Å²) >= 11 is 5.80. The molecule has 19 heavy (non-hydrogen) atoms. The molecule has 6 heteroatoms. The van der Waals surface area contributed by atoms with Crippen LogP contribution in [-0.2, 0) is 4.79 Å². The van der Waals surface area contributed by atoms with E-state index in [1.807, 2.05) is 6.92 Å². The highest BCUT2D eigenvalue weighted by molar-refractivity contribution is 6.33. The number of aliphatic carboxylic acids is 1. The highest BCUT2D eigenvalue weighted by Crippen LogP contribution is 2.27. The van der Waals surface area contributed by atoms with Gasteiger partial charge in [0.25, 0.3) is 5.91 Å². The molecule has 1 aliphatic heterocycles. The summed E-state index contributed by atoms with van der Waals surface area (Å²) in [4.78, 5) is 25.0. The Balaban J connectivity index is 2.28. The minimum Gasteiger partial charge on any atom is -0.480 e. The highest BCUT2D eigenvalue weighted by atomic mass is 35.5. The Morgan fingerprint density at radius 1 is 1.47 bits per heavy atom. The summed E-state index contributed by atoms with van der Waals surface area (Å²) in [5, 5.41) is 9.58. The Morgan fingerprint density at radius 3 is 2.74 bits per heavy atom. The van der Waals surface area contributed by atoms with Crippen LogP contribution in [0.2, 0.25) is 5.02 Å². The van der Waals surface area contributed by atoms with Gasteiger partial charge in [-0.25, -0.2) is 4.79 Å². The van der Waals surface area contributed by atoms with E-state index in [0.29, 0.717) is 29.2 Å². The van der Waals surface area contributed by atoms with Crippen molar-refractivity contribution in [1.82, 2.24) is 4.90 Å². The van der Waals surface area contributed by atoms with Crippen molar-refractivity contribution in [2.75, 3.05) is 12.3 Å². The lowest BCUT2D eigenvalue weighted by Gasteiger charge is -2.23. The SMILES string of the molecule is CC1CCN(C(=O)c2ccc(Cl)c(N)c2)C1C(=O)O. The van der Waals surface area contributed by atoms with Crippen LogP contribution in [0.1, 0.15) is 23.7 Å². The number of carboxylic acids is 1. The number of nitrogen functional groups attached to an aromatic ring is 1. The molecular formula is C13H15ClN2O3. The second-order valence-corrected chi connectivity index (χ2v) is 5.19. The molecule has 0 radical (unpaired) electrons. The molecule has 2 unspecified atom stereocenters. The van der Waals surface area contributed by atoms with Crippen LogP contribution >= 0.6 is 11.6 Å². The lowest BCUT2D eigenvalue weighted by molar-refractivity contribution is -0.142. The van der Waals surface area contributed by atoms with Crippen molar-refractivity contribution in [3.05, 3.63) is 28.8 Å². The normalized spacial score (nSPS) is 22.5. The summed E-state index contributed by atoms with van der Waals surface area (Å²) in [5.41, 5.74) is 6.33. The van der Waals surface area contributed by atoms with Crippen LogP contribution < -0.4 is 5.73 Å². The van der Waals surface area contributed by atoms with Gasteiger partial charge in [0.15, 0.2) is 0 Å². The van der Waals surface area contributed by atoms with Crippen LogP contribution in [0.3, 0.4) is 0 Å². The molecule has 1 heterocycles. The first-order valence-electron chi connectivity index (χ1n) is 6.00. The second kappa shape index (κ2) is 5.09. The molecule has 3 N–H and O–H groups in total. The molecule has 1 aromatic rings. The predicted molar refractivity (Wildman–Crippen MR) is 72.1 cm³/mol. The average Bonchev–Trinajstić information content (AvgIpc) is 2.74. The summed E-state index contributed by atoms with van der Waals surface area (Å²) in [5.74, 6) is -1.34. The Bertz CT molecular complexity index is 533. The molecular weight excluding hydrogens is 268 g/mol. The van der Waals surface area contributed by atoms with Gasteiger partial charge in [-0.15, -0.1) is 0 Å². The van der Waals surface area contributed by atoms with Crippen LogP contribution in [0.4, 0.5) is 5.69 Å². The van der Waals surface area contributed by atoms with E-state index in [9.17, 15) is 14.7 Å². The van der Waals surface area contributed by atoms with E-state index in [1.54, 1.807) is 12.1 Å². The van der Waals surface area contributed by atoms with Crippen molar-refractivity contribution in [3.8, 4) is 0 Å². The maximum Gasteiger partial charge on any atom is 0.326 e. The van der Waals surface area contributed by atoms with Gasteiger partial charge in [-0.2, -0.15) is 0 Å². The van der Waals surface area contributed by atoms with E-state index in [0.717, 1.165) is 0 Å². The summed E-state index contributed by atoms with van der Waals surface area (Å²) in [6, 6.07) is 3.80. The fourth-order valence-corrected chi connectivity index (χ4v) is 2.51. The molecule has 1 fully saturated rings. The van der Waals surface area contributed by atoms with Crippen LogP contribution in [0, 0.1) is 5.92 Å². The Kier molecular flexibility index (Phi) is 3.66. The molecule has 2 rings (SSSR count). The lowest BCUT2D eigenvalue weighted by atomic mass is 10.0. The zero-order valence-corrected chi connectivity index (χ0v) is 11.2. The van der Waals surface area contributed by atoms with Crippen molar-refractivity contribution in [2.45, 2.75) is 19.4 Å². The van der Waals surface area contributed by atoms with Gasteiger partial charge in [0.05, 0.1) is 10.7 Å². The van der Waals surface area contributed by atoms with Gasteiger partial charge in [0, 0.05) is 12.1 Å². The maximum absolute atomic E-state index is 12.3. The van der Waals surface area contributed by atoms with Gasteiger partial charge in [-0.05, 0) is 30.5 Å². The third-order valence-corrected chi connectivity index (χ3v) is 3.80. The van der Waals surface area contributed by atoms with E-state index in [-0.39, 0.29) is 11.8 Å². The molecule has 1 aromatic carbocycles. The summed E-state index contributed by atoms with van der Waals surface area (Å²) in [6.45, 7) is 2.28. The van der Waals surface area contributed by atoms with Crippen molar-refractivity contribution in [2.24, 2.45) is 5.92 Å². The van der Waals surface area contributed by atoms with E-state index < -0.39 is 12.0 Å². The number of nitrogens with two attached hydrogens (primary N) is 1. The van der Waals surface area contributed by atoms with Gasteiger partial charge in [0.2, 0.25) is 0 Å². The van der Waals surface area contributed by atoms with Gasteiger partial charge < -0.3 is 15.7 Å². The Labute approximate surface area is 116 Å². The molecule has 2 atom stereocenters. The zero-order valence-electron chi connectivity index (χ0n) is 10.5. The van der Waals surface area contributed by atoms with Crippen LogP contribution in [0.25, 0.3) is 0 Å². The fraction of sp³-hybridized carbons (Fsp3) is 0.385. The van der Waals surface area contributed by atoms with Crippen LogP contribution in [-0.4, -0.2) is 34.5 Å². The maximum atomic E-state index is 12.3. The minimum atomic E-state index is -0.972. The summed E-state index contributed by atoms with van der Waals surface area (Å²) in [7, 11) is 0. The number of carbonyl (C=O) groups is 2. The highest BCUT2D eigenvalue weighted by Gasteiger charge is 2.39. The summed E-state index contributed by atoms with van der Waals surface area (Å²) < 4.78 is 0. The van der Waals surface area contributed by atoms with Crippen LogP contribution in [0.15, 0.2) is 18.2 Å². The Morgan fingerprint density at radius 2 is 2.16 bits per heavy atom. The first-order valence-corrected chi connectivity index (χ1v) is 6.38. The number of hydrogen-bond acceptors (Lipinski definition) is 3. The topological polar surface area (TPSA) is 83.6 Å². The number of likely N-dealkylation sites (tertiary alicyclic amines) is 1. The van der Waals surface area contributed by atoms with Gasteiger partial charge in [-0.1, -0.05) is 18.5 Å². The molecule has 0 aliphatic carbocycles. The number of halogens is 1. The lowest BCUT2D eigenvalue weighted by Crippen LogP contribution is -2.42. The third kappa shape index (κ3) is 2.51. The van der Waals surface area contributed by atoms with Crippen molar-refractivity contribution in [1.29, 1.82) is 0 Å². The van der Waals surface area contributed by atoms with Gasteiger partial charge >= 0.3 is 5.97 Å². The molecule has 5 nitrogen and oxygen atoms in total. The summed E-state index contributed by atoms with van der Waals surface area (Å²) in [6.07, 6.45) is 0.686. The number of hydrogen-bond donors (Lipinski definition) is 2. The molecule has 0 spiro atoms. The van der Waals surface area contributed by atoms with Crippen molar-refractivity contribution in [3.63, 3.8) is 0 Å². The standard InChI is InChI=1S/C13H15ClN2O3/c1-7-4-5-16(11(7)13(18)19)12(17)8-2-3-9(14)10(15)6-8/h2-3,6-7,11H,4-5,15H2,1H3,(H,18,19). The molecule has 0 aromatic heterocycles. The zero-order chi connectivity index (χ0) is 14.2. The van der Waals surface area contributed by atoms with Crippen molar-refractivity contribution >= 4 is 29.2 Å². The fourth-order valence-electron chi connectivity index (χ4n) is 2.39. The average molecular weight is 283 g/mol.